The molecular weight excluding hydrogens is 364 g/mol. The third-order valence-electron chi connectivity index (χ3n) is 4.22. The van der Waals surface area contributed by atoms with E-state index in [1.165, 1.54) is 0 Å². The lowest BCUT2D eigenvalue weighted by atomic mass is 10.1. The Hall–Kier alpha value is -2.35. The monoisotopic (exact) mass is 382 g/mol. The average Bonchev–Trinajstić information content (AvgIpc) is 3.32. The van der Waals surface area contributed by atoms with Gasteiger partial charge in [0.1, 0.15) is 0 Å². The normalized spacial score (nSPS) is 11.3. The van der Waals surface area contributed by atoms with E-state index in [0.29, 0.717) is 11.4 Å². The van der Waals surface area contributed by atoms with Gasteiger partial charge in [0.05, 0.1) is 16.1 Å². The molecular formula is C19H18N4OS2. The van der Waals surface area contributed by atoms with Gasteiger partial charge in [-0.2, -0.15) is 5.10 Å². The third kappa shape index (κ3) is 3.21. The summed E-state index contributed by atoms with van der Waals surface area (Å²) in [4.78, 5) is 5.97. The minimum atomic E-state index is 0.620. The molecule has 0 bridgehead atoms. The fourth-order valence-electron chi connectivity index (χ4n) is 3.01. The molecule has 1 N–H and O–H groups in total. The second-order valence-corrected chi connectivity index (χ2v) is 7.23. The van der Waals surface area contributed by atoms with Gasteiger partial charge in [0, 0.05) is 31.2 Å². The molecule has 0 saturated carbocycles. The van der Waals surface area contributed by atoms with Crippen molar-refractivity contribution in [2.75, 3.05) is 13.7 Å². The summed E-state index contributed by atoms with van der Waals surface area (Å²) in [6.45, 7) is 1.44. The van der Waals surface area contributed by atoms with Crippen molar-refractivity contribution in [1.29, 1.82) is 0 Å². The van der Waals surface area contributed by atoms with Gasteiger partial charge in [0.15, 0.2) is 10.6 Å². The number of benzene rings is 1. The largest absolute Gasteiger partial charge is 0.385 e. The second kappa shape index (κ2) is 7.49. The molecule has 0 radical (unpaired) electrons. The van der Waals surface area contributed by atoms with Crippen LogP contribution in [0.4, 0.5) is 0 Å². The predicted octanol–water partition coefficient (Wildman–Crippen LogP) is 4.92. The number of thiophene rings is 1. The van der Waals surface area contributed by atoms with Crippen molar-refractivity contribution in [2.45, 2.75) is 13.0 Å². The van der Waals surface area contributed by atoms with Crippen LogP contribution in [0.1, 0.15) is 6.42 Å². The molecule has 3 aromatic heterocycles. The molecule has 0 unspecified atom stereocenters. The molecule has 0 aliphatic heterocycles. The van der Waals surface area contributed by atoms with Crippen LogP contribution < -0.4 is 0 Å². The molecule has 0 atom stereocenters. The summed E-state index contributed by atoms with van der Waals surface area (Å²) in [6.07, 6.45) is 0.873. The van der Waals surface area contributed by atoms with Gasteiger partial charge >= 0.3 is 0 Å². The molecule has 0 saturated heterocycles. The Balaban J connectivity index is 1.90. The minimum Gasteiger partial charge on any atom is -0.385 e. The zero-order valence-electron chi connectivity index (χ0n) is 14.3. The number of para-hydroxylation sites is 1. The number of nitrogens with zero attached hydrogens (tertiary/aromatic N) is 3. The quantitative estimate of drug-likeness (QED) is 0.380. The molecule has 0 aliphatic rings. The highest BCUT2D eigenvalue weighted by molar-refractivity contribution is 7.71. The van der Waals surface area contributed by atoms with Crippen LogP contribution in [-0.4, -0.2) is 33.5 Å². The molecule has 4 rings (SSSR count). The summed E-state index contributed by atoms with van der Waals surface area (Å²) >= 11 is 7.13. The molecule has 7 heteroatoms. The van der Waals surface area contributed by atoms with Gasteiger partial charge in [-0.05, 0) is 42.2 Å². The van der Waals surface area contributed by atoms with E-state index in [0.717, 1.165) is 45.8 Å². The molecule has 0 aliphatic carbocycles. The molecule has 4 aromatic rings. The van der Waals surface area contributed by atoms with Crippen LogP contribution in [0, 0.1) is 4.77 Å². The topological polar surface area (TPSA) is 55.7 Å². The van der Waals surface area contributed by atoms with Crippen LogP contribution in [0.2, 0.25) is 0 Å². The first-order valence-electron chi connectivity index (χ1n) is 8.36. The molecule has 26 heavy (non-hydrogen) atoms. The zero-order valence-corrected chi connectivity index (χ0v) is 15.9. The highest BCUT2D eigenvalue weighted by Crippen LogP contribution is 2.32. The second-order valence-electron chi connectivity index (χ2n) is 5.90. The summed E-state index contributed by atoms with van der Waals surface area (Å²) in [5, 5.41) is 10.6. The number of nitrogens with one attached hydrogen (secondary N) is 1. The van der Waals surface area contributed by atoms with Gasteiger partial charge in [-0.25, -0.2) is 4.98 Å². The van der Waals surface area contributed by atoms with Crippen molar-refractivity contribution in [1.82, 2.24) is 19.7 Å². The number of aromatic amines is 1. The van der Waals surface area contributed by atoms with E-state index in [-0.39, 0.29) is 0 Å². The lowest BCUT2D eigenvalue weighted by molar-refractivity contribution is 0.190. The zero-order chi connectivity index (χ0) is 17.9. The maximum absolute atomic E-state index is 5.45. The Morgan fingerprint density at radius 3 is 2.92 bits per heavy atom. The summed E-state index contributed by atoms with van der Waals surface area (Å²) in [5.74, 6) is 0.836. The summed E-state index contributed by atoms with van der Waals surface area (Å²) in [6, 6.07) is 14.4. The van der Waals surface area contributed by atoms with Gasteiger partial charge < -0.3 is 9.30 Å². The van der Waals surface area contributed by atoms with E-state index in [4.69, 9.17) is 21.9 Å². The van der Waals surface area contributed by atoms with E-state index in [1.54, 1.807) is 18.4 Å². The van der Waals surface area contributed by atoms with E-state index in [9.17, 15) is 0 Å². The van der Waals surface area contributed by atoms with E-state index in [1.807, 2.05) is 28.8 Å². The van der Waals surface area contributed by atoms with Crippen molar-refractivity contribution in [3.05, 3.63) is 52.6 Å². The van der Waals surface area contributed by atoms with E-state index in [2.05, 4.69) is 33.8 Å². The number of rotatable bonds is 6. The van der Waals surface area contributed by atoms with Crippen molar-refractivity contribution in [2.24, 2.45) is 0 Å². The molecule has 0 amide bonds. The SMILES string of the molecule is COCCCn1c(-c2cc(-c3cccs3)nc3ccccc23)n[nH]c1=S. The molecule has 132 valence electrons. The first kappa shape index (κ1) is 17.1. The van der Waals surface area contributed by atoms with Gasteiger partial charge in [0.2, 0.25) is 0 Å². The van der Waals surface area contributed by atoms with Crippen molar-refractivity contribution in [3.63, 3.8) is 0 Å². The molecule has 1 aromatic carbocycles. The molecule has 5 nitrogen and oxygen atoms in total. The number of hydrogen-bond donors (Lipinski definition) is 1. The Labute approximate surface area is 160 Å². The Morgan fingerprint density at radius 2 is 2.12 bits per heavy atom. The summed E-state index contributed by atoms with van der Waals surface area (Å²) in [5.41, 5.74) is 2.93. The number of H-pyrrole nitrogens is 1. The van der Waals surface area contributed by atoms with Crippen LogP contribution in [0.25, 0.3) is 32.9 Å². The number of aromatic nitrogens is 4. The number of fused-ring (bicyclic) bond motifs is 1. The Kier molecular flexibility index (Phi) is 4.92. The predicted molar refractivity (Wildman–Crippen MR) is 108 cm³/mol. The molecule has 3 heterocycles. The van der Waals surface area contributed by atoms with Crippen LogP contribution in [-0.2, 0) is 11.3 Å². The highest BCUT2D eigenvalue weighted by atomic mass is 32.1. The number of ether oxygens (including phenoxy) is 1. The third-order valence-corrected chi connectivity index (χ3v) is 5.42. The van der Waals surface area contributed by atoms with Gasteiger partial charge in [-0.15, -0.1) is 11.3 Å². The fourth-order valence-corrected chi connectivity index (χ4v) is 3.92. The van der Waals surface area contributed by atoms with E-state index >= 15 is 0 Å². The fraction of sp³-hybridized carbons (Fsp3) is 0.211. The van der Waals surface area contributed by atoms with Crippen LogP contribution in [0.5, 0.6) is 0 Å². The van der Waals surface area contributed by atoms with Crippen molar-refractivity contribution >= 4 is 34.5 Å². The summed E-state index contributed by atoms with van der Waals surface area (Å²) in [7, 11) is 1.71. The standard InChI is InChI=1S/C19H18N4OS2/c1-24-10-5-9-23-18(21-22-19(23)25)14-12-16(17-8-4-11-26-17)20-15-7-3-2-6-13(14)15/h2-4,6-8,11-12H,5,9-10H2,1H3,(H,22,25). The maximum atomic E-state index is 5.45. The van der Waals surface area contributed by atoms with Crippen LogP contribution >= 0.6 is 23.6 Å². The van der Waals surface area contributed by atoms with Gasteiger partial charge in [-0.3, -0.25) is 5.10 Å². The Bertz CT molecular complexity index is 1080. The summed E-state index contributed by atoms with van der Waals surface area (Å²) < 4.78 is 7.83. The Morgan fingerprint density at radius 1 is 1.23 bits per heavy atom. The number of pyridine rings is 1. The van der Waals surface area contributed by atoms with Crippen LogP contribution in [0.3, 0.4) is 0 Å². The number of methoxy groups -OCH3 is 1. The van der Waals surface area contributed by atoms with Crippen LogP contribution in [0.15, 0.2) is 47.8 Å². The average molecular weight is 383 g/mol. The smallest absolute Gasteiger partial charge is 0.195 e. The lowest BCUT2D eigenvalue weighted by Gasteiger charge is -2.11. The van der Waals surface area contributed by atoms with E-state index < -0.39 is 0 Å². The van der Waals surface area contributed by atoms with Gasteiger partial charge in [-0.1, -0.05) is 24.3 Å². The van der Waals surface area contributed by atoms with Crippen molar-refractivity contribution < 1.29 is 4.74 Å². The highest BCUT2D eigenvalue weighted by Gasteiger charge is 2.15. The number of hydrogen-bond acceptors (Lipinski definition) is 5. The minimum absolute atomic E-state index is 0.620. The van der Waals surface area contributed by atoms with Gasteiger partial charge in [0.25, 0.3) is 0 Å². The lowest BCUT2D eigenvalue weighted by Crippen LogP contribution is -2.04. The molecule has 0 spiro atoms. The maximum Gasteiger partial charge on any atom is 0.195 e. The van der Waals surface area contributed by atoms with Crippen molar-refractivity contribution in [3.8, 4) is 22.0 Å². The first-order chi connectivity index (χ1) is 12.8. The molecule has 0 fully saturated rings. The first-order valence-corrected chi connectivity index (χ1v) is 9.65.